The Kier molecular flexibility index (Phi) is 8.50. The Bertz CT molecular complexity index is 201. The highest BCUT2D eigenvalue weighted by atomic mass is 32.2. The van der Waals surface area contributed by atoms with E-state index in [2.05, 4.69) is 11.2 Å². The van der Waals surface area contributed by atoms with Crippen molar-refractivity contribution in [3.8, 4) is 12.3 Å². The van der Waals surface area contributed by atoms with E-state index in [4.69, 9.17) is 11.5 Å². The summed E-state index contributed by atoms with van der Waals surface area (Å²) in [4.78, 5) is 10.3. The summed E-state index contributed by atoms with van der Waals surface area (Å²) < 4.78 is 0. The lowest BCUT2D eigenvalue weighted by atomic mass is 10.2. The van der Waals surface area contributed by atoms with Crippen molar-refractivity contribution >= 4 is 17.7 Å². The van der Waals surface area contributed by atoms with Crippen LogP contribution >= 0.6 is 11.8 Å². The first kappa shape index (κ1) is 13.3. The number of rotatable bonds is 8. The summed E-state index contributed by atoms with van der Waals surface area (Å²) in [5.74, 6) is 3.53. The standard InChI is InChI=1S/C10H17NO2S/c1-3-7-14-8-6-11-9(2)4-5-10(12)13/h1,9,11H,4-8H2,2H3,(H,12,13). The number of terminal acetylenes is 1. The van der Waals surface area contributed by atoms with Crippen LogP contribution in [-0.2, 0) is 4.79 Å². The zero-order valence-electron chi connectivity index (χ0n) is 8.45. The second kappa shape index (κ2) is 8.92. The highest BCUT2D eigenvalue weighted by Gasteiger charge is 2.03. The molecule has 0 radical (unpaired) electrons. The molecule has 2 N–H and O–H groups in total. The van der Waals surface area contributed by atoms with E-state index in [1.54, 1.807) is 11.8 Å². The summed E-state index contributed by atoms with van der Waals surface area (Å²) in [5, 5.41) is 11.7. The molecule has 14 heavy (non-hydrogen) atoms. The van der Waals surface area contributed by atoms with Crippen LogP contribution in [0.1, 0.15) is 19.8 Å². The van der Waals surface area contributed by atoms with Gasteiger partial charge in [-0.3, -0.25) is 4.79 Å². The van der Waals surface area contributed by atoms with Crippen LogP contribution in [0.25, 0.3) is 0 Å². The molecule has 0 aliphatic heterocycles. The van der Waals surface area contributed by atoms with Gasteiger partial charge in [0.2, 0.25) is 0 Å². The number of hydrogen-bond acceptors (Lipinski definition) is 3. The number of nitrogens with one attached hydrogen (secondary N) is 1. The SMILES string of the molecule is C#CCSCCNC(C)CCC(=O)O. The first-order valence-corrected chi connectivity index (χ1v) is 5.78. The summed E-state index contributed by atoms with van der Waals surface area (Å²) >= 11 is 1.70. The van der Waals surface area contributed by atoms with Gasteiger partial charge in [-0.25, -0.2) is 0 Å². The van der Waals surface area contributed by atoms with Crippen LogP contribution in [0.3, 0.4) is 0 Å². The fourth-order valence-electron chi connectivity index (χ4n) is 0.951. The van der Waals surface area contributed by atoms with Crippen LogP contribution in [0, 0.1) is 12.3 Å². The van der Waals surface area contributed by atoms with Crippen molar-refractivity contribution in [2.24, 2.45) is 0 Å². The molecule has 0 aromatic heterocycles. The van der Waals surface area contributed by atoms with Crippen molar-refractivity contribution in [2.45, 2.75) is 25.8 Å². The topological polar surface area (TPSA) is 49.3 Å². The molecule has 0 bridgehead atoms. The molecule has 3 nitrogen and oxygen atoms in total. The Morgan fingerprint density at radius 3 is 3.00 bits per heavy atom. The first-order chi connectivity index (χ1) is 6.66. The van der Waals surface area contributed by atoms with E-state index in [-0.39, 0.29) is 12.5 Å². The minimum absolute atomic E-state index is 0.228. The second-order valence-corrected chi connectivity index (χ2v) is 4.15. The van der Waals surface area contributed by atoms with Crippen molar-refractivity contribution in [3.63, 3.8) is 0 Å². The third-order valence-corrected chi connectivity index (χ3v) is 2.58. The number of hydrogen-bond donors (Lipinski definition) is 2. The van der Waals surface area contributed by atoms with Gasteiger partial charge < -0.3 is 10.4 Å². The third kappa shape index (κ3) is 9.43. The molecule has 0 saturated heterocycles. The molecule has 0 fully saturated rings. The maximum Gasteiger partial charge on any atom is 0.303 e. The monoisotopic (exact) mass is 215 g/mol. The highest BCUT2D eigenvalue weighted by Crippen LogP contribution is 1.99. The number of carboxylic acid groups (broad SMARTS) is 1. The molecule has 0 aliphatic carbocycles. The van der Waals surface area contributed by atoms with Gasteiger partial charge in [0, 0.05) is 24.8 Å². The molecule has 80 valence electrons. The second-order valence-electron chi connectivity index (χ2n) is 3.04. The van der Waals surface area contributed by atoms with Gasteiger partial charge in [-0.05, 0) is 13.3 Å². The van der Waals surface area contributed by atoms with Crippen LogP contribution in [0.5, 0.6) is 0 Å². The van der Waals surface area contributed by atoms with Gasteiger partial charge in [0.05, 0.1) is 5.75 Å². The number of aliphatic carboxylic acids is 1. The first-order valence-electron chi connectivity index (χ1n) is 4.63. The van der Waals surface area contributed by atoms with E-state index in [9.17, 15) is 4.79 Å². The number of carboxylic acids is 1. The van der Waals surface area contributed by atoms with E-state index in [0.29, 0.717) is 6.42 Å². The molecule has 0 spiro atoms. The van der Waals surface area contributed by atoms with E-state index in [1.807, 2.05) is 6.92 Å². The Morgan fingerprint density at radius 2 is 2.43 bits per heavy atom. The fourth-order valence-corrected chi connectivity index (χ4v) is 1.48. The van der Waals surface area contributed by atoms with Crippen molar-refractivity contribution < 1.29 is 9.90 Å². The Morgan fingerprint density at radius 1 is 1.71 bits per heavy atom. The lowest BCUT2D eigenvalue weighted by Gasteiger charge is -2.11. The van der Waals surface area contributed by atoms with Gasteiger partial charge in [0.25, 0.3) is 0 Å². The quantitative estimate of drug-likeness (QED) is 0.472. The van der Waals surface area contributed by atoms with Crippen molar-refractivity contribution in [1.29, 1.82) is 0 Å². The number of carbonyl (C=O) groups is 1. The largest absolute Gasteiger partial charge is 0.481 e. The highest BCUT2D eigenvalue weighted by molar-refractivity contribution is 7.99. The van der Waals surface area contributed by atoms with Crippen LogP contribution in [0.15, 0.2) is 0 Å². The molecule has 0 heterocycles. The Balaban J connectivity index is 3.23. The lowest BCUT2D eigenvalue weighted by molar-refractivity contribution is -0.137. The summed E-state index contributed by atoms with van der Waals surface area (Å²) in [5.41, 5.74) is 0. The van der Waals surface area contributed by atoms with Gasteiger partial charge in [-0.15, -0.1) is 18.2 Å². The van der Waals surface area contributed by atoms with E-state index < -0.39 is 5.97 Å². The molecule has 4 heteroatoms. The molecular weight excluding hydrogens is 198 g/mol. The molecular formula is C10H17NO2S. The summed E-state index contributed by atoms with van der Waals surface area (Å²) in [6.45, 7) is 2.88. The van der Waals surface area contributed by atoms with Gasteiger partial charge in [-0.2, -0.15) is 0 Å². The van der Waals surface area contributed by atoms with Crippen LogP contribution < -0.4 is 5.32 Å². The zero-order chi connectivity index (χ0) is 10.8. The summed E-state index contributed by atoms with van der Waals surface area (Å²) in [6, 6.07) is 0.262. The normalized spacial score (nSPS) is 12.0. The third-order valence-electron chi connectivity index (χ3n) is 1.72. The van der Waals surface area contributed by atoms with Crippen LogP contribution in [0.2, 0.25) is 0 Å². The average molecular weight is 215 g/mol. The van der Waals surface area contributed by atoms with Crippen molar-refractivity contribution in [3.05, 3.63) is 0 Å². The molecule has 0 aliphatic rings. The summed E-state index contributed by atoms with van der Waals surface area (Å²) in [6.07, 6.45) is 6.00. The zero-order valence-corrected chi connectivity index (χ0v) is 9.27. The van der Waals surface area contributed by atoms with E-state index in [1.165, 1.54) is 0 Å². The number of thioether (sulfide) groups is 1. The predicted octanol–water partition coefficient (Wildman–Crippen LogP) is 1.20. The minimum Gasteiger partial charge on any atom is -0.481 e. The van der Waals surface area contributed by atoms with Gasteiger partial charge in [0.15, 0.2) is 0 Å². The fraction of sp³-hybridized carbons (Fsp3) is 0.700. The maximum atomic E-state index is 10.3. The van der Waals surface area contributed by atoms with E-state index >= 15 is 0 Å². The molecule has 0 saturated carbocycles. The molecule has 1 atom stereocenters. The van der Waals surface area contributed by atoms with Crippen LogP contribution in [0.4, 0.5) is 0 Å². The van der Waals surface area contributed by atoms with Gasteiger partial charge in [-0.1, -0.05) is 5.92 Å². The smallest absolute Gasteiger partial charge is 0.303 e. The van der Waals surface area contributed by atoms with Crippen molar-refractivity contribution in [2.75, 3.05) is 18.1 Å². The Hall–Kier alpha value is -0.660. The Labute approximate surface area is 89.7 Å². The molecule has 0 aromatic carbocycles. The minimum atomic E-state index is -0.736. The maximum absolute atomic E-state index is 10.3. The van der Waals surface area contributed by atoms with Crippen LogP contribution in [-0.4, -0.2) is 35.2 Å². The predicted molar refractivity (Wildman–Crippen MR) is 60.5 cm³/mol. The lowest BCUT2D eigenvalue weighted by Crippen LogP contribution is -2.28. The van der Waals surface area contributed by atoms with Gasteiger partial charge in [0.1, 0.15) is 0 Å². The molecule has 1 unspecified atom stereocenters. The molecule has 0 amide bonds. The average Bonchev–Trinajstić information content (AvgIpc) is 2.14. The molecule has 0 aromatic rings. The molecule has 0 rings (SSSR count). The van der Waals surface area contributed by atoms with Gasteiger partial charge >= 0.3 is 5.97 Å². The summed E-state index contributed by atoms with van der Waals surface area (Å²) in [7, 11) is 0. The van der Waals surface area contributed by atoms with E-state index in [0.717, 1.165) is 18.1 Å². The van der Waals surface area contributed by atoms with Crippen molar-refractivity contribution in [1.82, 2.24) is 5.32 Å².